The number of hydrogen-bond donors (Lipinski definition) is 1. The lowest BCUT2D eigenvalue weighted by Gasteiger charge is -2.10. The first-order valence-corrected chi connectivity index (χ1v) is 7.66. The molecule has 0 spiro atoms. The molecule has 2 aromatic carbocycles. The van der Waals surface area contributed by atoms with Gasteiger partial charge in [-0.3, -0.25) is 4.21 Å². The molecule has 0 aliphatic rings. The average Bonchev–Trinajstić information content (AvgIpc) is 2.42. The SMILES string of the molecule is Cc1ccc(C)c(S(=O)Cc2ccccc2CN)c1. The second-order valence-corrected chi connectivity index (χ2v) is 6.15. The summed E-state index contributed by atoms with van der Waals surface area (Å²) in [5, 5.41) is 0. The van der Waals surface area contributed by atoms with Crippen molar-refractivity contribution in [2.75, 3.05) is 0 Å². The topological polar surface area (TPSA) is 43.1 Å². The molecule has 3 heteroatoms. The van der Waals surface area contributed by atoms with Gasteiger partial charge in [-0.1, -0.05) is 36.4 Å². The van der Waals surface area contributed by atoms with Crippen LogP contribution in [-0.2, 0) is 23.1 Å². The number of aryl methyl sites for hydroxylation is 2. The fourth-order valence-corrected chi connectivity index (χ4v) is 3.53. The van der Waals surface area contributed by atoms with Crippen LogP contribution >= 0.6 is 0 Å². The lowest BCUT2D eigenvalue weighted by Crippen LogP contribution is -2.05. The van der Waals surface area contributed by atoms with Crippen molar-refractivity contribution in [1.82, 2.24) is 0 Å². The average molecular weight is 273 g/mol. The van der Waals surface area contributed by atoms with E-state index in [0.717, 1.165) is 27.1 Å². The van der Waals surface area contributed by atoms with Crippen LogP contribution in [0.4, 0.5) is 0 Å². The fraction of sp³-hybridized carbons (Fsp3) is 0.250. The van der Waals surface area contributed by atoms with Gasteiger partial charge in [-0.25, -0.2) is 0 Å². The van der Waals surface area contributed by atoms with Crippen molar-refractivity contribution in [3.8, 4) is 0 Å². The molecule has 1 unspecified atom stereocenters. The van der Waals surface area contributed by atoms with Gasteiger partial charge in [0.25, 0.3) is 0 Å². The van der Waals surface area contributed by atoms with E-state index < -0.39 is 10.8 Å². The third-order valence-corrected chi connectivity index (χ3v) is 4.72. The zero-order valence-corrected chi connectivity index (χ0v) is 12.2. The summed E-state index contributed by atoms with van der Waals surface area (Å²) < 4.78 is 12.5. The molecular weight excluding hydrogens is 254 g/mol. The van der Waals surface area contributed by atoms with Gasteiger partial charge in [-0.2, -0.15) is 0 Å². The summed E-state index contributed by atoms with van der Waals surface area (Å²) in [5.74, 6) is 0.525. The normalized spacial score (nSPS) is 12.4. The van der Waals surface area contributed by atoms with Crippen LogP contribution in [0.2, 0.25) is 0 Å². The van der Waals surface area contributed by atoms with E-state index in [1.807, 2.05) is 56.3 Å². The maximum atomic E-state index is 12.5. The minimum absolute atomic E-state index is 0.486. The van der Waals surface area contributed by atoms with Gasteiger partial charge < -0.3 is 5.73 Å². The molecule has 2 rings (SSSR count). The molecule has 0 aliphatic heterocycles. The highest BCUT2D eigenvalue weighted by Crippen LogP contribution is 2.19. The Labute approximate surface area is 117 Å². The lowest BCUT2D eigenvalue weighted by molar-refractivity contribution is 0.682. The smallest absolute Gasteiger partial charge is 0.0577 e. The van der Waals surface area contributed by atoms with Crippen molar-refractivity contribution in [3.63, 3.8) is 0 Å². The van der Waals surface area contributed by atoms with Gasteiger partial charge in [0.05, 0.1) is 16.6 Å². The Kier molecular flexibility index (Phi) is 4.51. The van der Waals surface area contributed by atoms with E-state index in [2.05, 4.69) is 0 Å². The first-order valence-electron chi connectivity index (χ1n) is 6.34. The number of nitrogens with two attached hydrogens (primary N) is 1. The quantitative estimate of drug-likeness (QED) is 0.930. The summed E-state index contributed by atoms with van der Waals surface area (Å²) in [7, 11) is -1.02. The van der Waals surface area contributed by atoms with E-state index in [9.17, 15) is 4.21 Å². The molecule has 0 saturated carbocycles. The second kappa shape index (κ2) is 6.13. The third-order valence-electron chi connectivity index (χ3n) is 3.21. The van der Waals surface area contributed by atoms with Crippen LogP contribution in [0, 0.1) is 13.8 Å². The van der Waals surface area contributed by atoms with Gasteiger partial charge in [-0.15, -0.1) is 0 Å². The molecule has 0 amide bonds. The van der Waals surface area contributed by atoms with Gasteiger partial charge >= 0.3 is 0 Å². The van der Waals surface area contributed by atoms with Gasteiger partial charge in [0.15, 0.2) is 0 Å². The molecular formula is C16H19NOS. The van der Waals surface area contributed by atoms with Crippen molar-refractivity contribution >= 4 is 10.8 Å². The number of hydrogen-bond acceptors (Lipinski definition) is 2. The largest absolute Gasteiger partial charge is 0.326 e. The van der Waals surface area contributed by atoms with Crippen LogP contribution in [0.15, 0.2) is 47.4 Å². The minimum atomic E-state index is -1.02. The maximum absolute atomic E-state index is 12.5. The van der Waals surface area contributed by atoms with Crippen LogP contribution in [-0.4, -0.2) is 4.21 Å². The van der Waals surface area contributed by atoms with Gasteiger partial charge in [-0.05, 0) is 42.2 Å². The van der Waals surface area contributed by atoms with Crippen molar-refractivity contribution in [1.29, 1.82) is 0 Å². The van der Waals surface area contributed by atoms with E-state index in [4.69, 9.17) is 5.73 Å². The van der Waals surface area contributed by atoms with Crippen molar-refractivity contribution in [2.24, 2.45) is 5.73 Å². The second-order valence-electron chi connectivity index (χ2n) is 4.73. The third kappa shape index (κ3) is 3.31. The molecule has 2 N–H and O–H groups in total. The number of rotatable bonds is 4. The predicted octanol–water partition coefficient (Wildman–Crippen LogP) is 3.07. The van der Waals surface area contributed by atoms with Crippen LogP contribution in [0.25, 0.3) is 0 Å². The molecule has 0 aliphatic carbocycles. The maximum Gasteiger partial charge on any atom is 0.0577 e. The van der Waals surface area contributed by atoms with E-state index >= 15 is 0 Å². The lowest BCUT2D eigenvalue weighted by atomic mass is 10.1. The summed E-state index contributed by atoms with van der Waals surface area (Å²) in [6, 6.07) is 14.0. The van der Waals surface area contributed by atoms with Crippen LogP contribution in [0.5, 0.6) is 0 Å². The molecule has 2 aromatic rings. The summed E-state index contributed by atoms with van der Waals surface area (Å²) in [6.07, 6.45) is 0. The Morgan fingerprint density at radius 2 is 1.74 bits per heavy atom. The molecule has 0 fully saturated rings. The number of benzene rings is 2. The Hall–Kier alpha value is -1.45. The van der Waals surface area contributed by atoms with E-state index in [1.165, 1.54) is 0 Å². The van der Waals surface area contributed by atoms with Crippen LogP contribution < -0.4 is 5.73 Å². The van der Waals surface area contributed by atoms with Gasteiger partial charge in [0.2, 0.25) is 0 Å². The molecule has 0 radical (unpaired) electrons. The van der Waals surface area contributed by atoms with Gasteiger partial charge in [0, 0.05) is 11.4 Å². The fourth-order valence-electron chi connectivity index (χ4n) is 2.07. The highest BCUT2D eigenvalue weighted by molar-refractivity contribution is 7.84. The highest BCUT2D eigenvalue weighted by atomic mass is 32.2. The monoisotopic (exact) mass is 273 g/mol. The zero-order chi connectivity index (χ0) is 13.8. The summed E-state index contributed by atoms with van der Waals surface area (Å²) >= 11 is 0. The molecule has 0 saturated heterocycles. The first kappa shape index (κ1) is 14.0. The van der Waals surface area contributed by atoms with Crippen molar-refractivity contribution < 1.29 is 4.21 Å². The standard InChI is InChI=1S/C16H19NOS/c1-12-7-8-13(2)16(9-12)19(18)11-15-6-4-3-5-14(15)10-17/h3-9H,10-11,17H2,1-2H3. The Bertz CT molecular complexity index is 607. The van der Waals surface area contributed by atoms with E-state index in [0.29, 0.717) is 12.3 Å². The summed E-state index contributed by atoms with van der Waals surface area (Å²) in [6.45, 7) is 4.51. The van der Waals surface area contributed by atoms with Crippen LogP contribution in [0.3, 0.4) is 0 Å². The zero-order valence-electron chi connectivity index (χ0n) is 11.3. The molecule has 0 heterocycles. The molecule has 2 nitrogen and oxygen atoms in total. The Morgan fingerprint density at radius 1 is 1.05 bits per heavy atom. The summed E-state index contributed by atoms with van der Waals surface area (Å²) in [4.78, 5) is 0.923. The Balaban J connectivity index is 2.28. The predicted molar refractivity (Wildman–Crippen MR) is 80.4 cm³/mol. The van der Waals surface area contributed by atoms with E-state index in [-0.39, 0.29) is 0 Å². The van der Waals surface area contributed by atoms with Crippen molar-refractivity contribution in [2.45, 2.75) is 31.0 Å². The van der Waals surface area contributed by atoms with E-state index in [1.54, 1.807) is 0 Å². The molecule has 0 bridgehead atoms. The molecule has 19 heavy (non-hydrogen) atoms. The molecule has 0 aromatic heterocycles. The van der Waals surface area contributed by atoms with Crippen LogP contribution in [0.1, 0.15) is 22.3 Å². The molecule has 1 atom stereocenters. The Morgan fingerprint density at radius 3 is 2.42 bits per heavy atom. The minimum Gasteiger partial charge on any atom is -0.326 e. The first-order chi connectivity index (χ1) is 9.11. The molecule has 100 valence electrons. The summed E-state index contributed by atoms with van der Waals surface area (Å²) in [5.41, 5.74) is 10.1. The highest BCUT2D eigenvalue weighted by Gasteiger charge is 2.10. The van der Waals surface area contributed by atoms with Gasteiger partial charge in [0.1, 0.15) is 0 Å². The van der Waals surface area contributed by atoms with Crippen molar-refractivity contribution in [3.05, 3.63) is 64.7 Å².